The number of ether oxygens (including phenoxy) is 1. The van der Waals surface area contributed by atoms with Crippen LogP contribution in [0.2, 0.25) is 0 Å². The molecule has 0 unspecified atom stereocenters. The first kappa shape index (κ1) is 16.6. The number of carbonyl (C=O) groups excluding carboxylic acids is 1. The van der Waals surface area contributed by atoms with Gasteiger partial charge in [-0.2, -0.15) is 0 Å². The van der Waals surface area contributed by atoms with Crippen LogP contribution >= 0.6 is 0 Å². The summed E-state index contributed by atoms with van der Waals surface area (Å²) in [5.74, 6) is 1.74. The number of anilines is 1. The highest BCUT2D eigenvalue weighted by Crippen LogP contribution is 2.33. The molecule has 4 rings (SSSR count). The normalized spacial score (nSPS) is 15.1. The summed E-state index contributed by atoms with van der Waals surface area (Å²) < 4.78 is 7.37. The van der Waals surface area contributed by atoms with E-state index in [0.717, 1.165) is 42.0 Å². The number of aldehydes is 1. The molecule has 1 aliphatic carbocycles. The van der Waals surface area contributed by atoms with E-state index in [-0.39, 0.29) is 0 Å². The molecule has 0 bridgehead atoms. The number of pyridine rings is 1. The van der Waals surface area contributed by atoms with E-state index in [1.54, 1.807) is 13.2 Å². The van der Waals surface area contributed by atoms with Crippen LogP contribution in [0.5, 0.6) is 5.75 Å². The standard InChI is InChI=1S/C21H23N3O2/c1-26-18-11-5-7-15(13-18)19-21(22-17-9-3-2-4-10-17)24-12-6-8-16(14-25)20(24)23-19/h5-8,11-14,17,22H,2-4,9-10H2,1H3. The Kier molecular flexibility index (Phi) is 4.61. The number of rotatable bonds is 5. The van der Waals surface area contributed by atoms with Crippen molar-refractivity contribution in [1.82, 2.24) is 9.38 Å². The molecule has 1 fully saturated rings. The average Bonchev–Trinajstić information content (AvgIpc) is 3.07. The molecule has 134 valence electrons. The third-order valence-electron chi connectivity index (χ3n) is 5.10. The van der Waals surface area contributed by atoms with Gasteiger partial charge in [0, 0.05) is 17.8 Å². The SMILES string of the molecule is COc1cccc(-c2nc3c(C=O)cccn3c2NC2CCCCC2)c1. The second kappa shape index (κ2) is 7.20. The van der Waals surface area contributed by atoms with Gasteiger partial charge in [0.05, 0.1) is 12.7 Å². The number of nitrogens with one attached hydrogen (secondary N) is 1. The Balaban J connectivity index is 1.86. The minimum absolute atomic E-state index is 0.438. The zero-order valence-corrected chi connectivity index (χ0v) is 14.9. The molecule has 0 saturated heterocycles. The van der Waals surface area contributed by atoms with Gasteiger partial charge in [-0.3, -0.25) is 9.20 Å². The van der Waals surface area contributed by atoms with E-state index in [1.165, 1.54) is 19.3 Å². The first-order valence-electron chi connectivity index (χ1n) is 9.17. The minimum Gasteiger partial charge on any atom is -0.497 e. The number of imidazole rings is 1. The van der Waals surface area contributed by atoms with Crippen LogP contribution in [0.15, 0.2) is 42.6 Å². The highest BCUT2D eigenvalue weighted by Gasteiger charge is 2.20. The maximum absolute atomic E-state index is 11.5. The molecule has 2 heterocycles. The van der Waals surface area contributed by atoms with E-state index in [9.17, 15) is 4.79 Å². The molecule has 1 saturated carbocycles. The maximum atomic E-state index is 11.5. The summed E-state index contributed by atoms with van der Waals surface area (Å²) in [5, 5.41) is 3.70. The van der Waals surface area contributed by atoms with E-state index >= 15 is 0 Å². The van der Waals surface area contributed by atoms with Crippen LogP contribution in [0, 0.1) is 0 Å². The predicted molar refractivity (Wildman–Crippen MR) is 103 cm³/mol. The van der Waals surface area contributed by atoms with E-state index in [4.69, 9.17) is 9.72 Å². The molecule has 26 heavy (non-hydrogen) atoms. The fourth-order valence-corrected chi connectivity index (χ4v) is 3.73. The summed E-state index contributed by atoms with van der Waals surface area (Å²) in [4.78, 5) is 16.3. The lowest BCUT2D eigenvalue weighted by molar-refractivity contribution is 0.112. The molecule has 1 aromatic carbocycles. The number of carbonyl (C=O) groups is 1. The van der Waals surface area contributed by atoms with Crippen molar-refractivity contribution in [3.63, 3.8) is 0 Å². The second-order valence-corrected chi connectivity index (χ2v) is 6.80. The van der Waals surface area contributed by atoms with E-state index in [0.29, 0.717) is 17.3 Å². The lowest BCUT2D eigenvalue weighted by Gasteiger charge is -2.24. The van der Waals surface area contributed by atoms with Crippen molar-refractivity contribution in [1.29, 1.82) is 0 Å². The molecule has 0 amide bonds. The molecule has 5 heteroatoms. The summed E-state index contributed by atoms with van der Waals surface area (Å²) in [6.07, 6.45) is 8.97. The second-order valence-electron chi connectivity index (χ2n) is 6.80. The van der Waals surface area contributed by atoms with Gasteiger partial charge in [-0.25, -0.2) is 4.98 Å². The Morgan fingerprint density at radius 3 is 2.81 bits per heavy atom. The van der Waals surface area contributed by atoms with Crippen molar-refractivity contribution >= 4 is 17.8 Å². The van der Waals surface area contributed by atoms with Crippen molar-refractivity contribution in [2.45, 2.75) is 38.1 Å². The molecule has 3 aromatic rings. The van der Waals surface area contributed by atoms with E-state index in [2.05, 4.69) is 5.32 Å². The molecule has 2 aromatic heterocycles. The van der Waals surface area contributed by atoms with Crippen LogP contribution in [0.3, 0.4) is 0 Å². The number of hydrogen-bond acceptors (Lipinski definition) is 4. The first-order chi connectivity index (χ1) is 12.8. The highest BCUT2D eigenvalue weighted by atomic mass is 16.5. The molecular formula is C21H23N3O2. The Hall–Kier alpha value is -2.82. The van der Waals surface area contributed by atoms with Crippen LogP contribution in [0.1, 0.15) is 42.5 Å². The van der Waals surface area contributed by atoms with Crippen molar-refractivity contribution in [2.24, 2.45) is 0 Å². The monoisotopic (exact) mass is 349 g/mol. The third kappa shape index (κ3) is 3.05. The Morgan fingerprint density at radius 2 is 2.04 bits per heavy atom. The lowest BCUT2D eigenvalue weighted by Crippen LogP contribution is -2.23. The summed E-state index contributed by atoms with van der Waals surface area (Å²) >= 11 is 0. The quantitative estimate of drug-likeness (QED) is 0.686. The number of aromatic nitrogens is 2. The van der Waals surface area contributed by atoms with Crippen LogP contribution < -0.4 is 10.1 Å². The highest BCUT2D eigenvalue weighted by molar-refractivity contribution is 5.88. The average molecular weight is 349 g/mol. The van der Waals surface area contributed by atoms with Crippen molar-refractivity contribution in [3.05, 3.63) is 48.2 Å². The van der Waals surface area contributed by atoms with E-state index in [1.807, 2.05) is 40.9 Å². The van der Waals surface area contributed by atoms with Crippen LogP contribution in [-0.2, 0) is 0 Å². The fraction of sp³-hybridized carbons (Fsp3) is 0.333. The number of fused-ring (bicyclic) bond motifs is 1. The van der Waals surface area contributed by atoms with Gasteiger partial charge in [-0.1, -0.05) is 31.4 Å². The molecule has 0 radical (unpaired) electrons. The topological polar surface area (TPSA) is 55.6 Å². The van der Waals surface area contributed by atoms with Crippen molar-refractivity contribution in [2.75, 3.05) is 12.4 Å². The number of methoxy groups -OCH3 is 1. The van der Waals surface area contributed by atoms with Gasteiger partial charge in [0.15, 0.2) is 6.29 Å². The number of benzene rings is 1. The van der Waals surface area contributed by atoms with Crippen LogP contribution in [0.25, 0.3) is 16.9 Å². The van der Waals surface area contributed by atoms with Gasteiger partial charge >= 0.3 is 0 Å². The van der Waals surface area contributed by atoms with Crippen molar-refractivity contribution < 1.29 is 9.53 Å². The Bertz CT molecular complexity index is 926. The molecular weight excluding hydrogens is 326 g/mol. The van der Waals surface area contributed by atoms with Crippen molar-refractivity contribution in [3.8, 4) is 17.0 Å². The zero-order valence-electron chi connectivity index (χ0n) is 14.9. The summed E-state index contributed by atoms with van der Waals surface area (Å²) in [6, 6.07) is 12.0. The summed E-state index contributed by atoms with van der Waals surface area (Å²) in [6.45, 7) is 0. The largest absolute Gasteiger partial charge is 0.497 e. The van der Waals surface area contributed by atoms with Gasteiger partial charge in [0.25, 0.3) is 0 Å². The molecule has 0 atom stereocenters. The molecule has 5 nitrogen and oxygen atoms in total. The fourth-order valence-electron chi connectivity index (χ4n) is 3.73. The number of hydrogen-bond donors (Lipinski definition) is 1. The Labute approximate surface area is 153 Å². The van der Waals surface area contributed by atoms with Gasteiger partial charge in [-0.05, 0) is 37.1 Å². The summed E-state index contributed by atoms with van der Waals surface area (Å²) in [7, 11) is 1.66. The maximum Gasteiger partial charge on any atom is 0.153 e. The third-order valence-corrected chi connectivity index (χ3v) is 5.10. The van der Waals surface area contributed by atoms with Gasteiger partial charge in [0.2, 0.25) is 0 Å². The van der Waals surface area contributed by atoms with Gasteiger partial charge in [-0.15, -0.1) is 0 Å². The van der Waals surface area contributed by atoms with Crippen LogP contribution in [0.4, 0.5) is 5.82 Å². The molecule has 0 aliphatic heterocycles. The molecule has 0 spiro atoms. The predicted octanol–water partition coefficient (Wildman–Crippen LogP) is 4.57. The minimum atomic E-state index is 0.438. The first-order valence-corrected chi connectivity index (χ1v) is 9.17. The molecule has 1 aliphatic rings. The van der Waals surface area contributed by atoms with Gasteiger partial charge in [0.1, 0.15) is 22.9 Å². The smallest absolute Gasteiger partial charge is 0.153 e. The zero-order chi connectivity index (χ0) is 17.9. The van der Waals surface area contributed by atoms with Crippen LogP contribution in [-0.4, -0.2) is 28.8 Å². The lowest BCUT2D eigenvalue weighted by atomic mass is 9.95. The Morgan fingerprint density at radius 1 is 1.19 bits per heavy atom. The van der Waals surface area contributed by atoms with Gasteiger partial charge < -0.3 is 10.1 Å². The van der Waals surface area contributed by atoms with E-state index < -0.39 is 0 Å². The number of nitrogens with zero attached hydrogens (tertiary/aromatic N) is 2. The summed E-state index contributed by atoms with van der Waals surface area (Å²) in [5.41, 5.74) is 3.10. The molecule has 1 N–H and O–H groups in total.